The number of nitrogens with one attached hydrogen (secondary N) is 1. The van der Waals surface area contributed by atoms with Crippen LogP contribution in [0.2, 0.25) is 0 Å². The first-order valence-corrected chi connectivity index (χ1v) is 5.98. The highest BCUT2D eigenvalue weighted by molar-refractivity contribution is 5.94. The lowest BCUT2D eigenvalue weighted by Gasteiger charge is -2.10. The minimum Gasteiger partial charge on any atom is -0.478 e. The van der Waals surface area contributed by atoms with E-state index in [0.717, 1.165) is 22.6 Å². The maximum Gasteiger partial charge on any atom is 0.337 e. The second-order valence-corrected chi connectivity index (χ2v) is 4.51. The minimum absolute atomic E-state index is 0.270. The number of rotatable bonds is 4. The Morgan fingerprint density at radius 1 is 1.37 bits per heavy atom. The molecule has 0 aliphatic heterocycles. The van der Waals surface area contributed by atoms with Crippen LogP contribution >= 0.6 is 0 Å². The van der Waals surface area contributed by atoms with Crippen molar-refractivity contribution < 1.29 is 14.4 Å². The SMILES string of the molecule is Cc1ccc(NCc2c(C)noc2C)c(C(=O)O)c1. The van der Waals surface area contributed by atoms with Crippen LogP contribution < -0.4 is 5.32 Å². The molecule has 0 radical (unpaired) electrons. The molecule has 19 heavy (non-hydrogen) atoms. The number of hydrogen-bond donors (Lipinski definition) is 2. The Morgan fingerprint density at radius 2 is 2.11 bits per heavy atom. The predicted molar refractivity (Wildman–Crippen MR) is 71.4 cm³/mol. The average Bonchev–Trinajstić information content (AvgIpc) is 2.68. The van der Waals surface area contributed by atoms with E-state index in [1.54, 1.807) is 12.1 Å². The van der Waals surface area contributed by atoms with Crippen LogP contribution in [-0.4, -0.2) is 16.2 Å². The Bertz CT molecular complexity index is 598. The fraction of sp³-hybridized carbons (Fsp3) is 0.286. The normalized spacial score (nSPS) is 10.5. The molecule has 0 bridgehead atoms. The van der Waals surface area contributed by atoms with Gasteiger partial charge in [0.1, 0.15) is 5.76 Å². The molecule has 0 aliphatic rings. The lowest BCUT2D eigenvalue weighted by molar-refractivity contribution is 0.0698. The first-order chi connectivity index (χ1) is 8.99. The highest BCUT2D eigenvalue weighted by Crippen LogP contribution is 2.20. The molecule has 0 saturated carbocycles. The summed E-state index contributed by atoms with van der Waals surface area (Å²) >= 11 is 0. The van der Waals surface area contributed by atoms with Crippen molar-refractivity contribution in [2.24, 2.45) is 0 Å². The van der Waals surface area contributed by atoms with Crippen molar-refractivity contribution >= 4 is 11.7 Å². The van der Waals surface area contributed by atoms with Crippen molar-refractivity contribution in [3.05, 3.63) is 46.3 Å². The number of aryl methyl sites for hydroxylation is 3. The van der Waals surface area contributed by atoms with Crippen LogP contribution in [0.4, 0.5) is 5.69 Å². The van der Waals surface area contributed by atoms with Crippen molar-refractivity contribution in [2.75, 3.05) is 5.32 Å². The lowest BCUT2D eigenvalue weighted by atomic mass is 10.1. The van der Waals surface area contributed by atoms with Gasteiger partial charge in [0.05, 0.1) is 11.3 Å². The van der Waals surface area contributed by atoms with E-state index in [1.807, 2.05) is 26.8 Å². The number of hydrogen-bond acceptors (Lipinski definition) is 4. The van der Waals surface area contributed by atoms with Crippen LogP contribution in [0.5, 0.6) is 0 Å². The predicted octanol–water partition coefficient (Wildman–Crippen LogP) is 2.91. The van der Waals surface area contributed by atoms with E-state index in [9.17, 15) is 9.90 Å². The van der Waals surface area contributed by atoms with E-state index >= 15 is 0 Å². The first kappa shape index (κ1) is 13.1. The molecule has 0 aliphatic carbocycles. The van der Waals surface area contributed by atoms with Crippen molar-refractivity contribution in [1.82, 2.24) is 5.16 Å². The lowest BCUT2D eigenvalue weighted by Crippen LogP contribution is -2.07. The third-order valence-corrected chi connectivity index (χ3v) is 3.04. The summed E-state index contributed by atoms with van der Waals surface area (Å²) in [7, 11) is 0. The molecule has 100 valence electrons. The molecule has 5 nitrogen and oxygen atoms in total. The molecule has 2 N–H and O–H groups in total. The number of aromatic nitrogens is 1. The van der Waals surface area contributed by atoms with Crippen LogP contribution in [0, 0.1) is 20.8 Å². The van der Waals surface area contributed by atoms with Gasteiger partial charge in [0.15, 0.2) is 0 Å². The summed E-state index contributed by atoms with van der Waals surface area (Å²) < 4.78 is 5.07. The van der Waals surface area contributed by atoms with Gasteiger partial charge in [-0.3, -0.25) is 0 Å². The molecule has 0 amide bonds. The third kappa shape index (κ3) is 2.76. The molecular weight excluding hydrogens is 244 g/mol. The quantitative estimate of drug-likeness (QED) is 0.884. The van der Waals surface area contributed by atoms with E-state index in [-0.39, 0.29) is 5.56 Å². The fourth-order valence-corrected chi connectivity index (χ4v) is 1.93. The molecule has 2 aromatic rings. The second-order valence-electron chi connectivity index (χ2n) is 4.51. The van der Waals surface area contributed by atoms with Gasteiger partial charge >= 0.3 is 5.97 Å². The molecule has 0 unspecified atom stereocenters. The molecule has 1 heterocycles. The van der Waals surface area contributed by atoms with Crippen molar-refractivity contribution in [2.45, 2.75) is 27.3 Å². The van der Waals surface area contributed by atoms with Gasteiger partial charge in [-0.25, -0.2) is 4.79 Å². The summed E-state index contributed by atoms with van der Waals surface area (Å²) in [4.78, 5) is 11.2. The van der Waals surface area contributed by atoms with Gasteiger partial charge in [-0.2, -0.15) is 0 Å². The number of carboxylic acid groups (broad SMARTS) is 1. The van der Waals surface area contributed by atoms with E-state index < -0.39 is 5.97 Å². The van der Waals surface area contributed by atoms with E-state index in [4.69, 9.17) is 4.52 Å². The van der Waals surface area contributed by atoms with Gasteiger partial charge in [-0.15, -0.1) is 0 Å². The summed E-state index contributed by atoms with van der Waals surface area (Å²) in [5, 5.41) is 16.2. The standard InChI is InChI=1S/C14H16N2O3/c1-8-4-5-13(11(6-8)14(17)18)15-7-12-9(2)16-19-10(12)3/h4-6,15H,7H2,1-3H3,(H,17,18). The molecule has 1 aromatic carbocycles. The maximum absolute atomic E-state index is 11.2. The molecule has 0 spiro atoms. The molecule has 0 fully saturated rings. The van der Waals surface area contributed by atoms with Gasteiger partial charge in [-0.05, 0) is 32.9 Å². The molecule has 5 heteroatoms. The zero-order valence-electron chi connectivity index (χ0n) is 11.2. The smallest absolute Gasteiger partial charge is 0.337 e. The Balaban J connectivity index is 2.23. The van der Waals surface area contributed by atoms with Crippen LogP contribution in [0.15, 0.2) is 22.7 Å². The van der Waals surface area contributed by atoms with Gasteiger partial charge in [0, 0.05) is 17.8 Å². The Kier molecular flexibility index (Phi) is 3.55. The molecule has 0 atom stereocenters. The van der Waals surface area contributed by atoms with Crippen LogP contribution in [0.25, 0.3) is 0 Å². The number of nitrogens with zero attached hydrogens (tertiary/aromatic N) is 1. The Morgan fingerprint density at radius 3 is 2.68 bits per heavy atom. The third-order valence-electron chi connectivity index (χ3n) is 3.04. The van der Waals surface area contributed by atoms with E-state index in [1.165, 1.54) is 0 Å². The summed E-state index contributed by atoms with van der Waals surface area (Å²) in [6.07, 6.45) is 0. The van der Waals surface area contributed by atoms with Gasteiger partial charge in [0.25, 0.3) is 0 Å². The van der Waals surface area contributed by atoms with E-state index in [2.05, 4.69) is 10.5 Å². The van der Waals surface area contributed by atoms with Crippen LogP contribution in [0.1, 0.15) is 32.9 Å². The summed E-state index contributed by atoms with van der Waals surface area (Å²) in [5.41, 5.74) is 3.55. The number of benzene rings is 1. The van der Waals surface area contributed by atoms with Crippen molar-refractivity contribution in [3.63, 3.8) is 0 Å². The number of carbonyl (C=O) groups is 1. The number of carboxylic acids is 1. The maximum atomic E-state index is 11.2. The largest absolute Gasteiger partial charge is 0.478 e. The first-order valence-electron chi connectivity index (χ1n) is 5.98. The van der Waals surface area contributed by atoms with Crippen molar-refractivity contribution in [1.29, 1.82) is 0 Å². The minimum atomic E-state index is -0.940. The highest BCUT2D eigenvalue weighted by atomic mass is 16.5. The van der Waals surface area contributed by atoms with Gasteiger partial charge in [-0.1, -0.05) is 16.8 Å². The Hall–Kier alpha value is -2.30. The Labute approximate surface area is 111 Å². The summed E-state index contributed by atoms with van der Waals surface area (Å²) in [5.74, 6) is -0.195. The summed E-state index contributed by atoms with van der Waals surface area (Å²) in [6, 6.07) is 5.30. The molecule has 0 saturated heterocycles. The zero-order chi connectivity index (χ0) is 14.0. The monoisotopic (exact) mass is 260 g/mol. The second kappa shape index (κ2) is 5.14. The van der Waals surface area contributed by atoms with E-state index in [0.29, 0.717) is 12.2 Å². The molecule has 1 aromatic heterocycles. The van der Waals surface area contributed by atoms with Crippen molar-refractivity contribution in [3.8, 4) is 0 Å². The topological polar surface area (TPSA) is 75.4 Å². The van der Waals surface area contributed by atoms with Gasteiger partial charge in [0.2, 0.25) is 0 Å². The average molecular weight is 260 g/mol. The number of anilines is 1. The van der Waals surface area contributed by atoms with Gasteiger partial charge < -0.3 is 14.9 Å². The molecule has 2 rings (SSSR count). The highest BCUT2D eigenvalue weighted by Gasteiger charge is 2.12. The van der Waals surface area contributed by atoms with Crippen LogP contribution in [0.3, 0.4) is 0 Å². The fourth-order valence-electron chi connectivity index (χ4n) is 1.93. The number of aromatic carboxylic acids is 1. The van der Waals surface area contributed by atoms with Crippen LogP contribution in [-0.2, 0) is 6.54 Å². The zero-order valence-corrected chi connectivity index (χ0v) is 11.2. The molecular formula is C14H16N2O3. The summed E-state index contributed by atoms with van der Waals surface area (Å²) in [6.45, 7) is 6.06.